The Bertz CT molecular complexity index is 1270. The maximum Gasteiger partial charge on any atom is 0.228 e. The van der Waals surface area contributed by atoms with Gasteiger partial charge in [-0.2, -0.15) is 5.10 Å². The second-order valence-electron chi connectivity index (χ2n) is 10.2. The Balaban J connectivity index is 1.29. The van der Waals surface area contributed by atoms with Gasteiger partial charge >= 0.3 is 0 Å². The zero-order valence-corrected chi connectivity index (χ0v) is 21.2. The summed E-state index contributed by atoms with van der Waals surface area (Å²) in [5, 5.41) is 10.00. The largest absolute Gasteiger partial charge is 0.368 e. The zero-order chi connectivity index (χ0) is 24.7. The van der Waals surface area contributed by atoms with E-state index in [0.717, 1.165) is 48.7 Å². The molecule has 0 aromatic carbocycles. The Morgan fingerprint density at radius 3 is 2.71 bits per heavy atom. The SMILES string of the molecule is CCC1CCN(C(=O)Cc2csc(CC(=O)c3[nH]nc4c3C(C)(C)Cc3cnc(N)nc3-4)n2)CC1. The van der Waals surface area contributed by atoms with Gasteiger partial charge in [-0.05, 0) is 36.2 Å². The number of aromatic amines is 1. The summed E-state index contributed by atoms with van der Waals surface area (Å²) >= 11 is 1.42. The van der Waals surface area contributed by atoms with Gasteiger partial charge in [0.1, 0.15) is 16.4 Å². The minimum absolute atomic E-state index is 0.0776. The molecule has 0 spiro atoms. The predicted molar refractivity (Wildman–Crippen MR) is 134 cm³/mol. The molecule has 0 radical (unpaired) electrons. The number of nitrogens with zero attached hydrogens (tertiary/aromatic N) is 5. The number of rotatable bonds is 6. The number of H-pyrrole nitrogens is 1. The van der Waals surface area contributed by atoms with E-state index in [1.54, 1.807) is 6.20 Å². The van der Waals surface area contributed by atoms with Crippen LogP contribution in [0.4, 0.5) is 5.95 Å². The summed E-state index contributed by atoms with van der Waals surface area (Å²) in [6, 6.07) is 0. The van der Waals surface area contributed by atoms with Gasteiger partial charge in [-0.25, -0.2) is 15.0 Å². The lowest BCUT2D eigenvalue weighted by Crippen LogP contribution is -2.39. The molecule has 184 valence electrons. The molecule has 10 heteroatoms. The number of piperidine rings is 1. The molecule has 9 nitrogen and oxygen atoms in total. The number of fused-ring (bicyclic) bond motifs is 3. The standard InChI is InChI=1S/C25H31N7O2S/c1-4-14-5-7-32(8-6-14)19(34)9-16-13-35-18(28-16)10-17(33)22-20-23(31-30-22)21-15(11-25(20,2)3)12-27-24(26)29-21/h12-14H,4-11H2,1-3H3,(H,30,31)(H2,26,27,29). The van der Waals surface area contributed by atoms with Crippen molar-refractivity contribution in [1.82, 2.24) is 30.0 Å². The Labute approximate surface area is 208 Å². The number of nitrogens with two attached hydrogens (primary N) is 1. The van der Waals surface area contributed by atoms with E-state index in [2.05, 4.69) is 45.9 Å². The molecule has 0 bridgehead atoms. The topological polar surface area (TPSA) is 131 Å². The number of ketones is 1. The lowest BCUT2D eigenvalue weighted by Gasteiger charge is -2.31. The Morgan fingerprint density at radius 2 is 1.97 bits per heavy atom. The first kappa shape index (κ1) is 23.6. The predicted octanol–water partition coefficient (Wildman–Crippen LogP) is 3.36. The molecule has 1 aliphatic heterocycles. The van der Waals surface area contributed by atoms with Crippen LogP contribution >= 0.6 is 11.3 Å². The van der Waals surface area contributed by atoms with Crippen LogP contribution in [0.2, 0.25) is 0 Å². The maximum absolute atomic E-state index is 13.3. The van der Waals surface area contributed by atoms with Crippen molar-refractivity contribution in [2.24, 2.45) is 5.92 Å². The number of hydrogen-bond acceptors (Lipinski definition) is 8. The van der Waals surface area contributed by atoms with Crippen molar-refractivity contribution in [3.05, 3.63) is 39.1 Å². The van der Waals surface area contributed by atoms with Gasteiger partial charge in [0.15, 0.2) is 5.78 Å². The maximum atomic E-state index is 13.3. The molecule has 0 unspecified atom stereocenters. The first-order chi connectivity index (χ1) is 16.7. The molecular formula is C25H31N7O2S. The number of amides is 1. The van der Waals surface area contributed by atoms with E-state index in [4.69, 9.17) is 5.73 Å². The molecule has 3 aromatic rings. The van der Waals surface area contributed by atoms with Crippen molar-refractivity contribution in [2.45, 2.75) is 64.7 Å². The van der Waals surface area contributed by atoms with Gasteiger partial charge in [-0.1, -0.05) is 27.2 Å². The summed E-state index contributed by atoms with van der Waals surface area (Å²) in [5.41, 5.74) is 9.88. The third kappa shape index (κ3) is 4.59. The highest BCUT2D eigenvalue weighted by Crippen LogP contribution is 2.43. The van der Waals surface area contributed by atoms with Crippen molar-refractivity contribution >= 4 is 29.0 Å². The number of Topliss-reactive ketones (excluding diaryl/α,β-unsaturated/α-hetero) is 1. The normalized spacial score (nSPS) is 17.2. The first-order valence-electron chi connectivity index (χ1n) is 12.2. The quantitative estimate of drug-likeness (QED) is 0.503. The van der Waals surface area contributed by atoms with Gasteiger partial charge < -0.3 is 10.6 Å². The van der Waals surface area contributed by atoms with Crippen LogP contribution in [-0.2, 0) is 29.5 Å². The Kier molecular flexibility index (Phi) is 6.16. The molecular weight excluding hydrogens is 462 g/mol. The van der Waals surface area contributed by atoms with Crippen molar-refractivity contribution in [2.75, 3.05) is 18.8 Å². The number of nitrogens with one attached hydrogen (secondary N) is 1. The second kappa shape index (κ2) is 9.14. The third-order valence-electron chi connectivity index (χ3n) is 7.25. The Hall–Kier alpha value is -3.14. The molecule has 1 saturated heterocycles. The van der Waals surface area contributed by atoms with E-state index in [-0.39, 0.29) is 35.9 Å². The average Bonchev–Trinajstić information content (AvgIpc) is 3.47. The summed E-state index contributed by atoms with van der Waals surface area (Å²) in [7, 11) is 0. The number of anilines is 1. The molecule has 3 N–H and O–H groups in total. The van der Waals surface area contributed by atoms with E-state index in [1.165, 1.54) is 17.8 Å². The average molecular weight is 494 g/mol. The van der Waals surface area contributed by atoms with E-state index in [9.17, 15) is 9.59 Å². The van der Waals surface area contributed by atoms with Crippen molar-refractivity contribution < 1.29 is 9.59 Å². The highest BCUT2D eigenvalue weighted by molar-refractivity contribution is 7.09. The monoisotopic (exact) mass is 493 g/mol. The fourth-order valence-electron chi connectivity index (χ4n) is 5.29. The minimum Gasteiger partial charge on any atom is -0.368 e. The van der Waals surface area contributed by atoms with Crippen LogP contribution in [0, 0.1) is 5.92 Å². The van der Waals surface area contributed by atoms with Crippen molar-refractivity contribution in [3.63, 3.8) is 0 Å². The summed E-state index contributed by atoms with van der Waals surface area (Å²) in [6.45, 7) is 8.05. The van der Waals surface area contributed by atoms with Crippen LogP contribution in [0.15, 0.2) is 11.6 Å². The fraction of sp³-hybridized carbons (Fsp3) is 0.520. The molecule has 5 rings (SSSR count). The van der Waals surface area contributed by atoms with Gasteiger partial charge in [0.2, 0.25) is 11.9 Å². The molecule has 1 amide bonds. The molecule has 0 atom stereocenters. The minimum atomic E-state index is -0.314. The lowest BCUT2D eigenvalue weighted by atomic mass is 9.73. The van der Waals surface area contributed by atoms with Crippen LogP contribution in [0.3, 0.4) is 0 Å². The first-order valence-corrected chi connectivity index (χ1v) is 13.1. The smallest absolute Gasteiger partial charge is 0.228 e. The molecule has 1 aliphatic carbocycles. The number of thiazole rings is 1. The van der Waals surface area contributed by atoms with E-state index in [0.29, 0.717) is 28.5 Å². The van der Waals surface area contributed by atoms with Crippen molar-refractivity contribution in [1.29, 1.82) is 0 Å². The summed E-state index contributed by atoms with van der Waals surface area (Å²) in [5.74, 6) is 0.954. The number of likely N-dealkylation sites (tertiary alicyclic amines) is 1. The second-order valence-corrected chi connectivity index (χ2v) is 11.2. The summed E-state index contributed by atoms with van der Waals surface area (Å²) in [6.07, 6.45) is 6.20. The number of aromatic nitrogens is 5. The van der Waals surface area contributed by atoms with Crippen LogP contribution < -0.4 is 5.73 Å². The van der Waals surface area contributed by atoms with Crippen LogP contribution in [0.1, 0.15) is 72.4 Å². The highest BCUT2D eigenvalue weighted by Gasteiger charge is 2.38. The van der Waals surface area contributed by atoms with E-state index in [1.807, 2.05) is 10.3 Å². The van der Waals surface area contributed by atoms with Gasteiger partial charge in [0.25, 0.3) is 0 Å². The lowest BCUT2D eigenvalue weighted by molar-refractivity contribution is -0.131. The molecule has 0 saturated carbocycles. The molecule has 3 aromatic heterocycles. The summed E-state index contributed by atoms with van der Waals surface area (Å²) < 4.78 is 0. The number of hydrogen-bond donors (Lipinski definition) is 2. The molecule has 1 fully saturated rings. The highest BCUT2D eigenvalue weighted by atomic mass is 32.1. The Morgan fingerprint density at radius 1 is 1.20 bits per heavy atom. The van der Waals surface area contributed by atoms with Crippen LogP contribution in [-0.4, -0.2) is 54.8 Å². The van der Waals surface area contributed by atoms with Gasteiger partial charge in [0, 0.05) is 30.2 Å². The van der Waals surface area contributed by atoms with E-state index >= 15 is 0 Å². The number of carbonyl (C=O) groups is 2. The van der Waals surface area contributed by atoms with Gasteiger partial charge in [-0.3, -0.25) is 14.7 Å². The van der Waals surface area contributed by atoms with Crippen molar-refractivity contribution in [3.8, 4) is 11.4 Å². The van der Waals surface area contributed by atoms with Gasteiger partial charge in [0.05, 0.1) is 24.2 Å². The van der Waals surface area contributed by atoms with Crippen LogP contribution in [0.5, 0.6) is 0 Å². The fourth-order valence-corrected chi connectivity index (χ4v) is 6.08. The summed E-state index contributed by atoms with van der Waals surface area (Å²) in [4.78, 5) is 41.1. The third-order valence-corrected chi connectivity index (χ3v) is 8.15. The van der Waals surface area contributed by atoms with Crippen LogP contribution in [0.25, 0.3) is 11.4 Å². The molecule has 2 aliphatic rings. The number of nitrogen functional groups attached to an aromatic ring is 1. The zero-order valence-electron chi connectivity index (χ0n) is 20.4. The number of carbonyl (C=O) groups excluding carboxylic acids is 2. The van der Waals surface area contributed by atoms with E-state index < -0.39 is 0 Å². The molecule has 35 heavy (non-hydrogen) atoms. The molecule has 4 heterocycles. The van der Waals surface area contributed by atoms with Gasteiger partial charge in [-0.15, -0.1) is 11.3 Å².